The fraction of sp³-hybridized carbons (Fsp3) is 0.756. The number of alkyl halides is 6. The molecule has 0 saturated heterocycles. The third kappa shape index (κ3) is 22.3. The van der Waals surface area contributed by atoms with E-state index in [1.165, 1.54) is 11.3 Å². The number of carboxylic acids is 1. The molecule has 0 saturated carbocycles. The lowest BCUT2D eigenvalue weighted by Crippen LogP contribution is -2.51. The van der Waals surface area contributed by atoms with Crippen molar-refractivity contribution in [1.29, 1.82) is 0 Å². The average Bonchev–Trinajstić information content (AvgIpc) is 3.70. The van der Waals surface area contributed by atoms with Crippen molar-refractivity contribution in [2.45, 2.75) is 184 Å². The third-order valence-electron chi connectivity index (χ3n) is 12.5. The Labute approximate surface area is 429 Å². The van der Waals surface area contributed by atoms with E-state index in [2.05, 4.69) is 38.8 Å². The van der Waals surface area contributed by atoms with Crippen molar-refractivity contribution < 1.29 is 52.1 Å². The van der Waals surface area contributed by atoms with Crippen LogP contribution in [0.5, 0.6) is 0 Å². The Morgan fingerprint density at radius 3 is 1.82 bits per heavy atom. The van der Waals surface area contributed by atoms with Gasteiger partial charge in [-0.2, -0.15) is 0 Å². The minimum absolute atomic E-state index is 0.101. The highest BCUT2D eigenvalue weighted by Crippen LogP contribution is 2.38. The molecule has 0 unspecified atom stereocenters. The molecular weight excluding hydrogens is 1030 g/mol. The summed E-state index contributed by atoms with van der Waals surface area (Å²) in [5.41, 5.74) is 1.62. The second kappa shape index (κ2) is 29.3. The van der Waals surface area contributed by atoms with Crippen LogP contribution in [-0.4, -0.2) is 89.9 Å². The average molecular weight is 1110 g/mol. The van der Waals surface area contributed by atoms with Gasteiger partial charge in [-0.3, -0.25) is 9.59 Å². The molecule has 66 heavy (non-hydrogen) atoms. The number of carbonyl (C=O) groups is 4. The van der Waals surface area contributed by atoms with Gasteiger partial charge in [-0.05, 0) is 93.4 Å². The van der Waals surface area contributed by atoms with Crippen molar-refractivity contribution in [3.05, 3.63) is 33.3 Å². The first-order chi connectivity index (χ1) is 30.5. The number of nitrogens with zero attached hydrogens (tertiary/aromatic N) is 1. The summed E-state index contributed by atoms with van der Waals surface area (Å²) < 4.78 is 31.1. The number of aliphatic carboxylic acids is 1. The maximum absolute atomic E-state index is 14.5. The summed E-state index contributed by atoms with van der Waals surface area (Å²) in [4.78, 5) is 56.3. The fourth-order valence-corrected chi connectivity index (χ4v) is 14.6. The Kier molecular flexibility index (Phi) is 27.9. The molecule has 21 heteroatoms. The van der Waals surface area contributed by atoms with Crippen LogP contribution in [0.4, 0.5) is 9.59 Å². The first-order valence-electron chi connectivity index (χ1n) is 22.7. The van der Waals surface area contributed by atoms with Gasteiger partial charge in [-0.15, -0.1) is 11.3 Å². The van der Waals surface area contributed by atoms with E-state index in [4.69, 9.17) is 97.4 Å². The van der Waals surface area contributed by atoms with Crippen LogP contribution in [0.2, 0.25) is 36.3 Å². The first kappa shape index (κ1) is 62.9. The van der Waals surface area contributed by atoms with Gasteiger partial charge in [0.1, 0.15) is 36.7 Å². The molecule has 0 aliphatic carbocycles. The van der Waals surface area contributed by atoms with Crippen LogP contribution in [0.1, 0.15) is 126 Å². The summed E-state index contributed by atoms with van der Waals surface area (Å²) in [6.07, 6.45) is 2.39. The summed E-state index contributed by atoms with van der Waals surface area (Å²) in [7, 11) is -4.39. The Morgan fingerprint density at radius 1 is 0.803 bits per heavy atom. The zero-order valence-electron chi connectivity index (χ0n) is 40.7. The van der Waals surface area contributed by atoms with Gasteiger partial charge in [0.25, 0.3) is 0 Å². The SMILES string of the molecule is CC[Si](CC)(CC)O[C@@H](C/C=C(/C)CCC[C@H](C)[C@H](OC(=O)OCC(Cl)(Cl)Cl)[C@@H](C)C(=O)C(C)(C)[C@H](CC(=O)O)O[Si](CC)(CC)CC)/C(C)=C/c1csc(COC(=O)OCC(Cl)(Cl)Cl)n1. The number of hydrogen-bond donors (Lipinski definition) is 1. The minimum atomic E-state index is -2.34. The van der Waals surface area contributed by atoms with Crippen molar-refractivity contribution in [1.82, 2.24) is 4.98 Å². The predicted molar refractivity (Wildman–Crippen MR) is 274 cm³/mol. The second-order valence-corrected chi connectivity index (χ2v) is 33.0. The molecule has 0 aromatic carbocycles. The van der Waals surface area contributed by atoms with Gasteiger partial charge in [-0.25, -0.2) is 14.6 Å². The molecule has 0 fully saturated rings. The van der Waals surface area contributed by atoms with E-state index < -0.39 is 79.3 Å². The maximum Gasteiger partial charge on any atom is 0.508 e. The highest BCUT2D eigenvalue weighted by molar-refractivity contribution is 7.09. The summed E-state index contributed by atoms with van der Waals surface area (Å²) in [6.45, 7) is 22.7. The van der Waals surface area contributed by atoms with Gasteiger partial charge in [0, 0.05) is 10.8 Å². The molecule has 1 aromatic rings. The van der Waals surface area contributed by atoms with Crippen LogP contribution in [0.25, 0.3) is 6.08 Å². The Hall–Kier alpha value is -1.12. The normalized spacial score (nSPS) is 15.7. The number of allylic oxidation sites excluding steroid dienone is 1. The monoisotopic (exact) mass is 1100 g/mol. The van der Waals surface area contributed by atoms with Crippen LogP contribution in [0, 0.1) is 17.3 Å². The zero-order chi connectivity index (χ0) is 50.7. The van der Waals surface area contributed by atoms with Gasteiger partial charge in [0.15, 0.2) is 16.6 Å². The fourth-order valence-electron chi connectivity index (χ4n) is 7.79. The zero-order valence-corrected chi connectivity index (χ0v) is 48.0. The van der Waals surface area contributed by atoms with Crippen LogP contribution in [-0.2, 0) is 44.0 Å². The number of thiazole rings is 1. The number of ketones is 1. The predicted octanol–water partition coefficient (Wildman–Crippen LogP) is 15.1. The van der Waals surface area contributed by atoms with E-state index in [0.29, 0.717) is 30.0 Å². The van der Waals surface area contributed by atoms with Gasteiger partial charge < -0.3 is 32.9 Å². The molecule has 0 aliphatic heterocycles. The van der Waals surface area contributed by atoms with Crippen LogP contribution < -0.4 is 0 Å². The van der Waals surface area contributed by atoms with E-state index in [9.17, 15) is 24.3 Å². The number of halogens is 6. The molecule has 380 valence electrons. The highest BCUT2D eigenvalue weighted by Gasteiger charge is 2.47. The molecule has 0 bridgehead atoms. The number of aromatic nitrogens is 1. The summed E-state index contributed by atoms with van der Waals surface area (Å²) in [5.74, 6) is -2.54. The lowest BCUT2D eigenvalue weighted by molar-refractivity contribution is -0.147. The number of rotatable bonds is 30. The molecule has 0 spiro atoms. The summed E-state index contributed by atoms with van der Waals surface area (Å²) >= 11 is 35.8. The van der Waals surface area contributed by atoms with Crippen molar-refractivity contribution in [3.8, 4) is 0 Å². The van der Waals surface area contributed by atoms with Crippen molar-refractivity contribution in [3.63, 3.8) is 0 Å². The van der Waals surface area contributed by atoms with Crippen molar-refractivity contribution in [2.75, 3.05) is 13.2 Å². The Morgan fingerprint density at radius 2 is 1.32 bits per heavy atom. The van der Waals surface area contributed by atoms with Gasteiger partial charge in [0.2, 0.25) is 7.59 Å². The summed E-state index contributed by atoms with van der Waals surface area (Å²) in [6, 6.07) is 5.26. The molecule has 5 atom stereocenters. The third-order valence-corrected chi connectivity index (χ3v) is 23.3. The van der Waals surface area contributed by atoms with E-state index in [-0.39, 0.29) is 30.8 Å². The number of carbonyl (C=O) groups excluding carboxylic acids is 3. The first-order valence-corrected chi connectivity index (χ1v) is 30.9. The number of Topliss-reactive ketones (excluding diaryl/α,β-unsaturated/α-hetero) is 1. The van der Waals surface area contributed by atoms with Crippen molar-refractivity contribution in [2.24, 2.45) is 17.3 Å². The Bertz CT molecular complexity index is 1730. The van der Waals surface area contributed by atoms with E-state index in [1.54, 1.807) is 20.8 Å². The van der Waals surface area contributed by atoms with E-state index >= 15 is 0 Å². The maximum atomic E-state index is 14.5. The number of hydrogen-bond acceptors (Lipinski definition) is 12. The molecule has 0 amide bonds. The number of ether oxygens (including phenoxy) is 4. The van der Waals surface area contributed by atoms with E-state index in [1.807, 2.05) is 46.1 Å². The molecular formula is C45H73Cl6NO11SSi2. The van der Waals surface area contributed by atoms with Gasteiger partial charge in [-0.1, -0.05) is 150 Å². The Balaban J connectivity index is 3.34. The molecule has 1 aromatic heterocycles. The largest absolute Gasteiger partial charge is 0.508 e. The van der Waals surface area contributed by atoms with Gasteiger partial charge >= 0.3 is 18.3 Å². The standard InChI is InChI=1S/C45H73Cl6NO11SSi2/c1-13-65(14-2,15-3)62-35(32(9)24-34-27-64-37(52-34)26-58-41(56)59-28-44(46,47)48)23-22-30(7)20-19-21-31(8)39(61-42(57)60-29-45(49,50)51)33(10)40(55)43(11,12)36(25-38(53)54)63-66(16-4,17-5)18-6/h22,24,27,31,33,35-36,39H,13-21,23,25-26,28-29H2,1-12H3,(H,53,54)/b30-22-,32-24+/t31-,33+,35-,36-,39-/m0/s1. The quantitative estimate of drug-likeness (QED) is 0.0337. The van der Waals surface area contributed by atoms with E-state index in [0.717, 1.165) is 53.8 Å². The topological polar surface area (TPSA) is 157 Å². The molecule has 1 heterocycles. The lowest BCUT2D eigenvalue weighted by atomic mass is 9.73. The minimum Gasteiger partial charge on any atom is -0.481 e. The highest BCUT2D eigenvalue weighted by atomic mass is 35.6. The molecule has 1 N–H and O–H groups in total. The molecule has 0 radical (unpaired) electrons. The number of carboxylic acid groups (broad SMARTS) is 1. The smallest absolute Gasteiger partial charge is 0.481 e. The van der Waals surface area contributed by atoms with Gasteiger partial charge in [0.05, 0.1) is 30.2 Å². The molecule has 1 rings (SSSR count). The molecule has 12 nitrogen and oxygen atoms in total. The summed E-state index contributed by atoms with van der Waals surface area (Å²) in [5, 5.41) is 12.4. The lowest BCUT2D eigenvalue weighted by Gasteiger charge is -2.42. The van der Waals surface area contributed by atoms with Crippen LogP contribution in [0.15, 0.2) is 22.6 Å². The van der Waals surface area contributed by atoms with Crippen LogP contribution >= 0.6 is 80.9 Å². The van der Waals surface area contributed by atoms with Crippen LogP contribution in [0.3, 0.4) is 0 Å². The second-order valence-electron chi connectivity index (χ2n) is 17.6. The molecule has 0 aliphatic rings. The van der Waals surface area contributed by atoms with Crippen molar-refractivity contribution >= 4 is 128 Å².